The summed E-state index contributed by atoms with van der Waals surface area (Å²) in [5.41, 5.74) is 12.4. The number of halogens is 1. The number of nitrogens with two attached hydrogens (primary N) is 1. The van der Waals surface area contributed by atoms with Crippen LogP contribution in [0.1, 0.15) is 59.3 Å². The minimum atomic E-state index is -0.111. The molecular weight excluding hydrogens is 538 g/mol. The van der Waals surface area contributed by atoms with E-state index >= 15 is 0 Å². The first kappa shape index (κ1) is 28.6. The first-order valence-electron chi connectivity index (χ1n) is 13.8. The van der Waals surface area contributed by atoms with E-state index in [9.17, 15) is 4.79 Å². The number of benzene rings is 2. The number of nitrogens with one attached hydrogen (secondary N) is 2. The fourth-order valence-corrected chi connectivity index (χ4v) is 5.69. The van der Waals surface area contributed by atoms with Gasteiger partial charge in [-0.05, 0) is 69.6 Å². The Morgan fingerprint density at radius 1 is 1.20 bits per heavy atom. The van der Waals surface area contributed by atoms with Gasteiger partial charge < -0.3 is 26.0 Å². The van der Waals surface area contributed by atoms with Gasteiger partial charge in [-0.25, -0.2) is 9.97 Å². The molecule has 0 saturated carbocycles. The summed E-state index contributed by atoms with van der Waals surface area (Å²) in [6.07, 6.45) is 4.37. The Hall–Kier alpha value is -3.95. The molecule has 1 atom stereocenters. The molecule has 1 fully saturated rings. The van der Waals surface area contributed by atoms with E-state index in [0.29, 0.717) is 51.5 Å². The van der Waals surface area contributed by atoms with E-state index in [1.807, 2.05) is 36.5 Å². The Morgan fingerprint density at radius 3 is 2.66 bits per heavy atom. The molecule has 2 heterocycles. The van der Waals surface area contributed by atoms with Crippen molar-refractivity contribution in [3.63, 3.8) is 0 Å². The van der Waals surface area contributed by atoms with Crippen LogP contribution >= 0.6 is 11.6 Å². The van der Waals surface area contributed by atoms with Crippen molar-refractivity contribution in [2.75, 3.05) is 39.6 Å². The molecule has 3 aromatic rings. The Morgan fingerprint density at radius 2 is 1.95 bits per heavy atom. The molecule has 214 valence electrons. The van der Waals surface area contributed by atoms with Crippen molar-refractivity contribution in [3.05, 3.63) is 81.8 Å². The first-order chi connectivity index (χ1) is 19.8. The van der Waals surface area contributed by atoms with E-state index in [0.717, 1.165) is 42.6 Å². The van der Waals surface area contributed by atoms with Gasteiger partial charge in [-0.1, -0.05) is 36.7 Å². The second kappa shape index (κ2) is 12.3. The third kappa shape index (κ3) is 6.06. The van der Waals surface area contributed by atoms with Gasteiger partial charge in [0.25, 0.3) is 5.91 Å². The highest BCUT2D eigenvalue weighted by Crippen LogP contribution is 2.39. The van der Waals surface area contributed by atoms with Crippen molar-refractivity contribution in [2.45, 2.75) is 38.1 Å². The number of ether oxygens (including phenoxy) is 1. The molecule has 1 aliphatic heterocycles. The zero-order valence-electron chi connectivity index (χ0n) is 23.9. The van der Waals surface area contributed by atoms with Crippen molar-refractivity contribution in [1.82, 2.24) is 20.2 Å². The predicted octanol–water partition coefficient (Wildman–Crippen LogP) is 5.00. The zero-order valence-corrected chi connectivity index (χ0v) is 24.6. The number of aromatic nitrogens is 2. The molecule has 1 amide bonds. The number of carbonyl (C=O) groups is 1. The van der Waals surface area contributed by atoms with Crippen molar-refractivity contribution < 1.29 is 9.53 Å². The van der Waals surface area contributed by atoms with E-state index in [-0.39, 0.29) is 17.9 Å². The highest BCUT2D eigenvalue weighted by Gasteiger charge is 2.29. The van der Waals surface area contributed by atoms with Crippen molar-refractivity contribution in [3.8, 4) is 5.75 Å². The number of methoxy groups -OCH3 is 1. The minimum Gasteiger partial charge on any atom is -0.495 e. The van der Waals surface area contributed by atoms with Crippen molar-refractivity contribution in [2.24, 2.45) is 10.7 Å². The van der Waals surface area contributed by atoms with E-state index in [1.54, 1.807) is 26.3 Å². The van der Waals surface area contributed by atoms with Crippen LogP contribution in [0.2, 0.25) is 5.02 Å². The number of aliphatic imine (C=N–C) groups is 1. The van der Waals surface area contributed by atoms with E-state index < -0.39 is 0 Å². The Balaban J connectivity index is 1.43. The van der Waals surface area contributed by atoms with Gasteiger partial charge in [0, 0.05) is 52.3 Å². The number of nitrogens with zero attached hydrogens (tertiary/aromatic N) is 4. The number of likely N-dealkylation sites (tertiary alicyclic amines) is 1. The largest absolute Gasteiger partial charge is 0.495 e. The molecule has 4 N–H and O–H groups in total. The number of hydrogen-bond donors (Lipinski definition) is 3. The lowest BCUT2D eigenvalue weighted by molar-refractivity contribution is 0.0916. The summed E-state index contributed by atoms with van der Waals surface area (Å²) in [6, 6.07) is 13.1. The van der Waals surface area contributed by atoms with Crippen molar-refractivity contribution >= 4 is 40.4 Å². The molecule has 0 spiro atoms. The Labute approximate surface area is 245 Å². The second-order valence-corrected chi connectivity index (χ2v) is 11.1. The summed E-state index contributed by atoms with van der Waals surface area (Å²) in [4.78, 5) is 29.3. The number of fused-ring (bicyclic) bond motifs is 1. The predicted molar refractivity (Wildman–Crippen MR) is 164 cm³/mol. The molecule has 1 saturated heterocycles. The quantitative estimate of drug-likeness (QED) is 0.340. The molecule has 1 aliphatic carbocycles. The van der Waals surface area contributed by atoms with Crippen LogP contribution in [0, 0.1) is 0 Å². The van der Waals surface area contributed by atoms with Crippen LogP contribution in [0.4, 0.5) is 11.6 Å². The highest BCUT2D eigenvalue weighted by molar-refractivity contribution is 6.40. The monoisotopic (exact) mass is 573 g/mol. The second-order valence-electron chi connectivity index (χ2n) is 10.6. The topological polar surface area (TPSA) is 118 Å². The fourth-order valence-electron chi connectivity index (χ4n) is 5.47. The average molecular weight is 574 g/mol. The fraction of sp³-hybridized carbons (Fsp3) is 0.355. The van der Waals surface area contributed by atoms with Gasteiger partial charge in [0.05, 0.1) is 24.2 Å². The van der Waals surface area contributed by atoms with E-state index in [1.165, 1.54) is 0 Å². The van der Waals surface area contributed by atoms with E-state index in [4.69, 9.17) is 27.1 Å². The van der Waals surface area contributed by atoms with Gasteiger partial charge in [-0.2, -0.15) is 0 Å². The van der Waals surface area contributed by atoms with E-state index in [2.05, 4.69) is 39.5 Å². The smallest absolute Gasteiger partial charge is 0.251 e. The van der Waals surface area contributed by atoms with Crippen LogP contribution < -0.4 is 21.1 Å². The number of amides is 1. The van der Waals surface area contributed by atoms with Gasteiger partial charge in [-0.3, -0.25) is 9.79 Å². The molecule has 1 aromatic heterocycles. The maximum absolute atomic E-state index is 13.0. The standard InChI is InChI=1S/C31H36ClN7O2/c1-18-15-24(33)27(28(34-2)21-7-5-6-8-23(21)32)29-22(18)17-35-31(38-29)37-25-10-9-19(16-26(25)41-4)30(40)36-20-11-13-39(3)14-12-20/h5-10,16-18,20H,11-15,33H2,1-4H3,(H,36,40)(H,35,37,38). The summed E-state index contributed by atoms with van der Waals surface area (Å²) in [6.45, 7) is 4.06. The van der Waals surface area contributed by atoms with Crippen LogP contribution in [-0.2, 0) is 0 Å². The molecule has 1 unspecified atom stereocenters. The minimum absolute atomic E-state index is 0.111. The Kier molecular flexibility index (Phi) is 8.56. The lowest BCUT2D eigenvalue weighted by Crippen LogP contribution is -2.43. The summed E-state index contributed by atoms with van der Waals surface area (Å²) in [5.74, 6) is 0.918. The molecule has 10 heteroatoms. The SMILES string of the molecule is CN=C(C1=C(N)CC(C)c2cnc(Nc3ccc(C(=O)NC4CCN(C)CC4)cc3OC)nc21)c1ccccc1Cl. The summed E-state index contributed by atoms with van der Waals surface area (Å²) in [7, 11) is 5.40. The third-order valence-electron chi connectivity index (χ3n) is 7.79. The van der Waals surface area contributed by atoms with Crippen molar-refractivity contribution in [1.29, 1.82) is 0 Å². The average Bonchev–Trinajstić information content (AvgIpc) is 2.97. The first-order valence-corrected chi connectivity index (χ1v) is 14.2. The normalized spacial score (nSPS) is 18.2. The summed E-state index contributed by atoms with van der Waals surface area (Å²) >= 11 is 6.55. The van der Waals surface area contributed by atoms with Crippen LogP contribution in [0.3, 0.4) is 0 Å². The van der Waals surface area contributed by atoms with Gasteiger partial charge in [0.1, 0.15) is 5.75 Å². The van der Waals surface area contributed by atoms with Gasteiger partial charge in [0.2, 0.25) is 5.95 Å². The van der Waals surface area contributed by atoms with Gasteiger partial charge in [-0.15, -0.1) is 0 Å². The van der Waals surface area contributed by atoms with Gasteiger partial charge in [0.15, 0.2) is 0 Å². The van der Waals surface area contributed by atoms with Crippen LogP contribution in [0.5, 0.6) is 5.75 Å². The maximum Gasteiger partial charge on any atom is 0.251 e. The molecule has 0 radical (unpaired) electrons. The number of piperidine rings is 1. The maximum atomic E-state index is 13.0. The molecule has 0 bridgehead atoms. The Bertz CT molecular complexity index is 1510. The van der Waals surface area contributed by atoms with Crippen LogP contribution in [-0.4, -0.2) is 66.8 Å². The highest BCUT2D eigenvalue weighted by atomic mass is 35.5. The summed E-state index contributed by atoms with van der Waals surface area (Å²) in [5, 5.41) is 7.01. The number of carbonyl (C=O) groups excluding carboxylic acids is 1. The molecule has 2 aromatic carbocycles. The lowest BCUT2D eigenvalue weighted by Gasteiger charge is -2.29. The lowest BCUT2D eigenvalue weighted by atomic mass is 9.83. The summed E-state index contributed by atoms with van der Waals surface area (Å²) < 4.78 is 5.64. The molecule has 2 aliphatic rings. The molecule has 9 nitrogen and oxygen atoms in total. The van der Waals surface area contributed by atoms with Crippen LogP contribution in [0.15, 0.2) is 59.4 Å². The van der Waals surface area contributed by atoms with Crippen LogP contribution in [0.25, 0.3) is 5.57 Å². The third-order valence-corrected chi connectivity index (χ3v) is 8.11. The molecule has 5 rings (SSSR count). The number of anilines is 2. The number of allylic oxidation sites excluding steroid dienone is 2. The molecular formula is C31H36ClN7O2. The number of hydrogen-bond acceptors (Lipinski definition) is 8. The zero-order chi connectivity index (χ0) is 29.1. The molecule has 41 heavy (non-hydrogen) atoms. The van der Waals surface area contributed by atoms with Gasteiger partial charge >= 0.3 is 0 Å². The number of rotatable bonds is 7.